The zero-order chi connectivity index (χ0) is 16.2. The Morgan fingerprint density at radius 1 is 1.22 bits per heavy atom. The maximum Gasteiger partial charge on any atom is 0.259 e. The molecule has 120 valence electrons. The van der Waals surface area contributed by atoms with E-state index in [0.29, 0.717) is 10.6 Å². The molecule has 1 saturated heterocycles. The Balaban J connectivity index is 1.84. The molecule has 1 N–H and O–H groups in total. The first-order chi connectivity index (χ1) is 11.1. The van der Waals surface area contributed by atoms with Gasteiger partial charge in [-0.05, 0) is 62.1 Å². The molecule has 23 heavy (non-hydrogen) atoms. The molecule has 1 fully saturated rings. The summed E-state index contributed by atoms with van der Waals surface area (Å²) in [5.41, 5.74) is 2.32. The topological polar surface area (TPSA) is 45.2 Å². The van der Waals surface area contributed by atoms with Crippen LogP contribution in [-0.4, -0.2) is 24.0 Å². The van der Waals surface area contributed by atoms with E-state index in [-0.39, 0.29) is 5.91 Å². The second kappa shape index (κ2) is 7.01. The van der Waals surface area contributed by atoms with Crippen molar-refractivity contribution < 1.29 is 4.79 Å². The first kappa shape index (κ1) is 15.8. The third-order valence-electron chi connectivity index (χ3n) is 4.12. The van der Waals surface area contributed by atoms with Gasteiger partial charge in [-0.1, -0.05) is 11.6 Å². The largest absolute Gasteiger partial charge is 0.356 e. The van der Waals surface area contributed by atoms with Crippen LogP contribution in [0, 0.1) is 6.92 Å². The Bertz CT molecular complexity index is 711. The number of aryl methyl sites for hydroxylation is 1. The predicted molar refractivity (Wildman–Crippen MR) is 94.4 cm³/mol. The van der Waals surface area contributed by atoms with Crippen molar-refractivity contribution in [2.75, 3.05) is 23.3 Å². The Kier molecular flexibility index (Phi) is 4.82. The second-order valence-corrected chi connectivity index (χ2v) is 6.27. The molecular formula is C18H20ClN3O. The van der Waals surface area contributed by atoms with Gasteiger partial charge in [-0.25, -0.2) is 4.98 Å². The summed E-state index contributed by atoms with van der Waals surface area (Å²) in [7, 11) is 0. The maximum absolute atomic E-state index is 12.7. The van der Waals surface area contributed by atoms with Gasteiger partial charge >= 0.3 is 0 Å². The summed E-state index contributed by atoms with van der Waals surface area (Å²) < 4.78 is 0. The number of aromatic nitrogens is 1. The molecule has 0 unspecified atom stereocenters. The summed E-state index contributed by atoms with van der Waals surface area (Å²) in [5, 5.41) is 3.63. The van der Waals surface area contributed by atoms with Crippen molar-refractivity contribution in [2.24, 2.45) is 0 Å². The molecule has 0 atom stereocenters. The van der Waals surface area contributed by atoms with Crippen LogP contribution in [-0.2, 0) is 0 Å². The van der Waals surface area contributed by atoms with Crippen molar-refractivity contribution in [1.82, 2.24) is 4.98 Å². The summed E-state index contributed by atoms with van der Waals surface area (Å²) in [6.45, 7) is 3.84. The van der Waals surface area contributed by atoms with E-state index >= 15 is 0 Å². The lowest BCUT2D eigenvalue weighted by Gasteiger charge is -2.29. The molecule has 1 amide bonds. The molecule has 1 aromatic heterocycles. The van der Waals surface area contributed by atoms with Gasteiger partial charge in [0.05, 0.1) is 5.56 Å². The number of pyridine rings is 1. The van der Waals surface area contributed by atoms with E-state index in [1.807, 2.05) is 25.1 Å². The average Bonchev–Trinajstić information content (AvgIpc) is 2.58. The number of amides is 1. The normalized spacial score (nSPS) is 14.6. The van der Waals surface area contributed by atoms with Crippen molar-refractivity contribution in [1.29, 1.82) is 0 Å². The van der Waals surface area contributed by atoms with Gasteiger partial charge < -0.3 is 10.2 Å². The number of piperidine rings is 1. The number of carbonyl (C=O) groups excluding carboxylic acids is 1. The molecular weight excluding hydrogens is 310 g/mol. The number of carbonyl (C=O) groups is 1. The number of benzene rings is 1. The first-order valence-electron chi connectivity index (χ1n) is 7.92. The fraction of sp³-hybridized carbons (Fsp3) is 0.333. The van der Waals surface area contributed by atoms with Crippen LogP contribution in [0.1, 0.15) is 35.2 Å². The van der Waals surface area contributed by atoms with E-state index in [4.69, 9.17) is 11.6 Å². The predicted octanol–water partition coefficient (Wildman–Crippen LogP) is 4.29. The molecule has 0 aliphatic carbocycles. The van der Waals surface area contributed by atoms with Crippen LogP contribution >= 0.6 is 11.6 Å². The minimum atomic E-state index is -0.135. The molecule has 5 heteroatoms. The minimum absolute atomic E-state index is 0.135. The monoisotopic (exact) mass is 329 g/mol. The zero-order valence-corrected chi connectivity index (χ0v) is 13.9. The van der Waals surface area contributed by atoms with Crippen molar-refractivity contribution >= 4 is 29.0 Å². The highest BCUT2D eigenvalue weighted by molar-refractivity contribution is 6.30. The lowest BCUT2D eigenvalue weighted by molar-refractivity contribution is 0.102. The molecule has 3 rings (SSSR count). The summed E-state index contributed by atoms with van der Waals surface area (Å²) in [4.78, 5) is 19.4. The SMILES string of the molecule is Cc1cc(Cl)ccc1NC(=O)c1cccnc1N1CCCCC1. The number of halogens is 1. The second-order valence-electron chi connectivity index (χ2n) is 5.84. The van der Waals surface area contributed by atoms with Gasteiger partial charge in [-0.15, -0.1) is 0 Å². The van der Waals surface area contributed by atoms with Crippen molar-refractivity contribution in [3.05, 3.63) is 52.7 Å². The van der Waals surface area contributed by atoms with Gasteiger partial charge in [-0.3, -0.25) is 4.79 Å². The average molecular weight is 330 g/mol. The molecule has 1 aliphatic heterocycles. The minimum Gasteiger partial charge on any atom is -0.356 e. The van der Waals surface area contributed by atoms with Gasteiger partial charge in [0.25, 0.3) is 5.91 Å². The molecule has 1 aliphatic rings. The molecule has 2 aromatic rings. The molecule has 0 saturated carbocycles. The standard InChI is InChI=1S/C18H20ClN3O/c1-13-12-14(19)7-8-16(13)21-18(23)15-6-5-9-20-17(15)22-10-3-2-4-11-22/h5-9,12H,2-4,10-11H2,1H3,(H,21,23). The Labute approximate surface area is 141 Å². The van der Waals surface area contributed by atoms with Gasteiger partial charge in [0.15, 0.2) is 0 Å². The molecule has 0 spiro atoms. The van der Waals surface area contributed by atoms with Crippen LogP contribution in [0.5, 0.6) is 0 Å². The number of hydrogen-bond donors (Lipinski definition) is 1. The number of hydrogen-bond acceptors (Lipinski definition) is 3. The Morgan fingerprint density at radius 3 is 2.74 bits per heavy atom. The summed E-state index contributed by atoms with van der Waals surface area (Å²) >= 11 is 5.97. The van der Waals surface area contributed by atoms with Gasteiger partial charge in [-0.2, -0.15) is 0 Å². The fourth-order valence-corrected chi connectivity index (χ4v) is 3.12. The maximum atomic E-state index is 12.7. The Morgan fingerprint density at radius 2 is 2.00 bits per heavy atom. The molecule has 4 nitrogen and oxygen atoms in total. The van der Waals surface area contributed by atoms with Crippen molar-refractivity contribution in [2.45, 2.75) is 26.2 Å². The fourth-order valence-electron chi connectivity index (χ4n) is 2.89. The van der Waals surface area contributed by atoms with Crippen molar-refractivity contribution in [3.8, 4) is 0 Å². The third kappa shape index (κ3) is 3.64. The highest BCUT2D eigenvalue weighted by Crippen LogP contribution is 2.24. The number of rotatable bonds is 3. The van der Waals surface area contributed by atoms with Crippen LogP contribution in [0.3, 0.4) is 0 Å². The summed E-state index contributed by atoms with van der Waals surface area (Å²) in [6, 6.07) is 9.08. The number of nitrogens with zero attached hydrogens (tertiary/aromatic N) is 2. The highest BCUT2D eigenvalue weighted by Gasteiger charge is 2.20. The van der Waals surface area contributed by atoms with Crippen LogP contribution in [0.15, 0.2) is 36.5 Å². The number of anilines is 2. The van der Waals surface area contributed by atoms with E-state index in [1.54, 1.807) is 18.3 Å². The van der Waals surface area contributed by atoms with Crippen molar-refractivity contribution in [3.63, 3.8) is 0 Å². The molecule has 0 bridgehead atoms. The number of nitrogens with one attached hydrogen (secondary N) is 1. The molecule has 0 radical (unpaired) electrons. The van der Waals surface area contributed by atoms with E-state index in [9.17, 15) is 4.79 Å². The summed E-state index contributed by atoms with van der Waals surface area (Å²) in [5.74, 6) is 0.639. The lowest BCUT2D eigenvalue weighted by atomic mass is 10.1. The first-order valence-corrected chi connectivity index (χ1v) is 8.30. The van der Waals surface area contributed by atoms with Crippen LogP contribution < -0.4 is 10.2 Å². The Hall–Kier alpha value is -2.07. The summed E-state index contributed by atoms with van der Waals surface area (Å²) in [6.07, 6.45) is 5.28. The van der Waals surface area contributed by atoms with E-state index < -0.39 is 0 Å². The van der Waals surface area contributed by atoms with Gasteiger partial charge in [0.2, 0.25) is 0 Å². The van der Waals surface area contributed by atoms with Crippen LogP contribution in [0.2, 0.25) is 5.02 Å². The van der Waals surface area contributed by atoms with E-state index in [1.165, 1.54) is 6.42 Å². The smallest absolute Gasteiger partial charge is 0.259 e. The van der Waals surface area contributed by atoms with Crippen LogP contribution in [0.25, 0.3) is 0 Å². The van der Waals surface area contributed by atoms with Crippen LogP contribution in [0.4, 0.5) is 11.5 Å². The van der Waals surface area contributed by atoms with E-state index in [2.05, 4.69) is 15.2 Å². The quantitative estimate of drug-likeness (QED) is 0.913. The lowest BCUT2D eigenvalue weighted by Crippen LogP contribution is -2.32. The van der Waals surface area contributed by atoms with E-state index in [0.717, 1.165) is 43.0 Å². The van der Waals surface area contributed by atoms with Gasteiger partial charge in [0.1, 0.15) is 5.82 Å². The highest BCUT2D eigenvalue weighted by atomic mass is 35.5. The molecule has 1 aromatic carbocycles. The zero-order valence-electron chi connectivity index (χ0n) is 13.2. The van der Waals surface area contributed by atoms with Gasteiger partial charge in [0, 0.05) is 30.0 Å². The third-order valence-corrected chi connectivity index (χ3v) is 4.36. The molecule has 2 heterocycles.